The lowest BCUT2D eigenvalue weighted by Crippen LogP contribution is -2.45. The van der Waals surface area contributed by atoms with Crippen molar-refractivity contribution in [2.45, 2.75) is 30.2 Å². The van der Waals surface area contributed by atoms with Crippen LogP contribution in [0.2, 0.25) is 0 Å². The number of methoxy groups -OCH3 is 1. The van der Waals surface area contributed by atoms with Gasteiger partial charge in [-0.2, -0.15) is 0 Å². The maximum Gasteiger partial charge on any atom is 0.325 e. The summed E-state index contributed by atoms with van der Waals surface area (Å²) in [6.45, 7) is 1.88. The first-order valence-electron chi connectivity index (χ1n) is 10.1. The molecule has 1 unspecified atom stereocenters. The highest BCUT2D eigenvalue weighted by Crippen LogP contribution is 2.24. The molecule has 164 valence electrons. The van der Waals surface area contributed by atoms with Crippen LogP contribution >= 0.6 is 11.8 Å². The predicted octanol–water partition coefficient (Wildman–Crippen LogP) is 2.85. The van der Waals surface area contributed by atoms with Crippen molar-refractivity contribution in [3.63, 3.8) is 0 Å². The van der Waals surface area contributed by atoms with Gasteiger partial charge in [0.2, 0.25) is 5.91 Å². The molecule has 7 nitrogen and oxygen atoms in total. The van der Waals surface area contributed by atoms with Crippen molar-refractivity contribution in [2.75, 3.05) is 26.0 Å². The summed E-state index contributed by atoms with van der Waals surface area (Å²) in [5.41, 5.74) is 0.0108. The average Bonchev–Trinajstić information content (AvgIpc) is 2.99. The summed E-state index contributed by atoms with van der Waals surface area (Å²) in [4.78, 5) is 39.6. The van der Waals surface area contributed by atoms with Gasteiger partial charge in [-0.15, -0.1) is 11.8 Å². The van der Waals surface area contributed by atoms with Crippen LogP contribution in [-0.4, -0.2) is 54.2 Å². The maximum atomic E-state index is 12.8. The highest BCUT2D eigenvalue weighted by atomic mass is 32.2. The van der Waals surface area contributed by atoms with Gasteiger partial charge in [-0.25, -0.2) is 4.79 Å². The van der Waals surface area contributed by atoms with Crippen LogP contribution in [0.1, 0.15) is 18.9 Å². The van der Waals surface area contributed by atoms with Crippen molar-refractivity contribution in [3.8, 4) is 5.75 Å². The highest BCUT2D eigenvalue weighted by Gasteiger charge is 2.47. The van der Waals surface area contributed by atoms with Gasteiger partial charge in [0, 0.05) is 17.2 Å². The molecule has 0 aromatic heterocycles. The third kappa shape index (κ3) is 6.01. The fraction of sp³-hybridized carbons (Fsp3) is 0.348. The van der Waals surface area contributed by atoms with Crippen LogP contribution in [0, 0.1) is 0 Å². The summed E-state index contributed by atoms with van der Waals surface area (Å²) in [6.07, 6.45) is 1.05. The summed E-state index contributed by atoms with van der Waals surface area (Å²) < 4.78 is 5.15. The van der Waals surface area contributed by atoms with Crippen LogP contribution in [0.15, 0.2) is 59.5 Å². The molecule has 8 heteroatoms. The lowest BCUT2D eigenvalue weighted by atomic mass is 9.93. The molecule has 31 heavy (non-hydrogen) atoms. The lowest BCUT2D eigenvalue weighted by molar-refractivity contribution is -0.134. The van der Waals surface area contributed by atoms with Gasteiger partial charge >= 0.3 is 6.03 Å². The molecule has 1 fully saturated rings. The Labute approximate surface area is 186 Å². The van der Waals surface area contributed by atoms with E-state index in [-0.39, 0.29) is 18.4 Å². The fourth-order valence-electron chi connectivity index (χ4n) is 3.32. The quantitative estimate of drug-likeness (QED) is 0.336. The SMILES string of the molecule is COc1ccc(CCC2(C)NC(=O)N(CC(=O)NCCSc3ccccc3)C2=O)cc1. The van der Waals surface area contributed by atoms with Crippen molar-refractivity contribution in [1.29, 1.82) is 0 Å². The van der Waals surface area contributed by atoms with E-state index in [2.05, 4.69) is 10.6 Å². The van der Waals surface area contributed by atoms with Gasteiger partial charge in [-0.05, 0) is 49.6 Å². The first-order chi connectivity index (χ1) is 14.9. The summed E-state index contributed by atoms with van der Waals surface area (Å²) in [5.74, 6) is 0.742. The van der Waals surface area contributed by atoms with E-state index in [1.165, 1.54) is 0 Å². The number of nitrogens with one attached hydrogen (secondary N) is 2. The first-order valence-corrected chi connectivity index (χ1v) is 11.1. The molecule has 2 aromatic carbocycles. The minimum absolute atomic E-state index is 0.279. The van der Waals surface area contributed by atoms with E-state index in [0.717, 1.165) is 21.1 Å². The number of imide groups is 1. The molecule has 2 N–H and O–H groups in total. The molecule has 1 aliphatic heterocycles. The van der Waals surface area contributed by atoms with Gasteiger partial charge in [-0.1, -0.05) is 30.3 Å². The zero-order valence-corrected chi connectivity index (χ0v) is 18.5. The number of urea groups is 1. The van der Waals surface area contributed by atoms with Gasteiger partial charge in [0.25, 0.3) is 5.91 Å². The Balaban J connectivity index is 1.46. The molecule has 1 heterocycles. The van der Waals surface area contributed by atoms with E-state index in [1.54, 1.807) is 25.8 Å². The molecular formula is C23H27N3O4S. The normalized spacial score (nSPS) is 18.1. The monoisotopic (exact) mass is 441 g/mol. The van der Waals surface area contributed by atoms with E-state index in [1.807, 2.05) is 54.6 Å². The van der Waals surface area contributed by atoms with Crippen LogP contribution < -0.4 is 15.4 Å². The third-order valence-corrected chi connectivity index (χ3v) is 6.17. The Morgan fingerprint density at radius 3 is 2.52 bits per heavy atom. The number of ether oxygens (including phenoxy) is 1. The lowest BCUT2D eigenvalue weighted by Gasteiger charge is -2.21. The van der Waals surface area contributed by atoms with Crippen molar-refractivity contribution in [3.05, 3.63) is 60.2 Å². The summed E-state index contributed by atoms with van der Waals surface area (Å²) in [7, 11) is 1.61. The van der Waals surface area contributed by atoms with Gasteiger partial charge in [0.15, 0.2) is 0 Å². The summed E-state index contributed by atoms with van der Waals surface area (Å²) >= 11 is 1.63. The zero-order valence-electron chi connectivity index (χ0n) is 17.7. The number of hydrogen-bond donors (Lipinski definition) is 2. The fourth-order valence-corrected chi connectivity index (χ4v) is 4.11. The summed E-state index contributed by atoms with van der Waals surface area (Å²) in [6, 6.07) is 16.9. The van der Waals surface area contributed by atoms with E-state index in [0.29, 0.717) is 25.1 Å². The van der Waals surface area contributed by atoms with E-state index in [4.69, 9.17) is 4.74 Å². The second-order valence-electron chi connectivity index (χ2n) is 7.51. The molecule has 0 radical (unpaired) electrons. The van der Waals surface area contributed by atoms with Gasteiger partial charge in [0.05, 0.1) is 7.11 Å². The Bertz CT molecular complexity index is 920. The van der Waals surface area contributed by atoms with Crippen LogP contribution in [0.25, 0.3) is 0 Å². The number of amides is 4. The topological polar surface area (TPSA) is 87.7 Å². The molecule has 0 spiro atoms. The maximum absolute atomic E-state index is 12.8. The molecular weight excluding hydrogens is 414 g/mol. The number of rotatable bonds is 10. The number of aryl methyl sites for hydroxylation is 1. The molecule has 3 rings (SSSR count). The van der Waals surface area contributed by atoms with E-state index < -0.39 is 11.6 Å². The average molecular weight is 442 g/mol. The number of hydrogen-bond acceptors (Lipinski definition) is 5. The predicted molar refractivity (Wildman–Crippen MR) is 120 cm³/mol. The molecule has 1 saturated heterocycles. The third-order valence-electron chi connectivity index (χ3n) is 5.16. The van der Waals surface area contributed by atoms with Crippen LogP contribution in [0.4, 0.5) is 4.79 Å². The molecule has 1 atom stereocenters. The molecule has 0 aliphatic carbocycles. The van der Waals surface area contributed by atoms with Gasteiger partial charge < -0.3 is 15.4 Å². The Morgan fingerprint density at radius 1 is 1.13 bits per heavy atom. The Hall–Kier alpha value is -3.00. The van der Waals surface area contributed by atoms with Crippen molar-refractivity contribution >= 4 is 29.6 Å². The minimum atomic E-state index is -1.03. The van der Waals surface area contributed by atoms with E-state index >= 15 is 0 Å². The number of benzene rings is 2. The zero-order chi connectivity index (χ0) is 22.3. The molecule has 4 amide bonds. The number of carbonyl (C=O) groups excluding carboxylic acids is 3. The van der Waals surface area contributed by atoms with Crippen LogP contribution in [-0.2, 0) is 16.0 Å². The largest absolute Gasteiger partial charge is 0.497 e. The first kappa shape index (κ1) is 22.7. The van der Waals surface area contributed by atoms with Crippen LogP contribution in [0.3, 0.4) is 0 Å². The Kier molecular flexibility index (Phi) is 7.57. The van der Waals surface area contributed by atoms with Gasteiger partial charge in [0.1, 0.15) is 17.8 Å². The molecule has 2 aromatic rings. The number of nitrogens with zero attached hydrogens (tertiary/aromatic N) is 1. The van der Waals surface area contributed by atoms with Crippen molar-refractivity contribution in [2.24, 2.45) is 0 Å². The molecule has 1 aliphatic rings. The van der Waals surface area contributed by atoms with Crippen molar-refractivity contribution < 1.29 is 19.1 Å². The minimum Gasteiger partial charge on any atom is -0.497 e. The standard InChI is InChI=1S/C23H27N3O4S/c1-23(13-12-17-8-10-18(30-2)11-9-17)21(28)26(22(29)25-23)16-20(27)24-14-15-31-19-6-4-3-5-7-19/h3-11H,12-16H2,1-2H3,(H,24,27)(H,25,29). The van der Waals surface area contributed by atoms with Crippen LogP contribution in [0.5, 0.6) is 5.75 Å². The van der Waals surface area contributed by atoms with E-state index in [9.17, 15) is 14.4 Å². The highest BCUT2D eigenvalue weighted by molar-refractivity contribution is 7.99. The number of carbonyl (C=O) groups is 3. The summed E-state index contributed by atoms with van der Waals surface area (Å²) in [5, 5.41) is 5.52. The second-order valence-corrected chi connectivity index (χ2v) is 8.68. The molecule has 0 bridgehead atoms. The van der Waals surface area contributed by atoms with Gasteiger partial charge in [-0.3, -0.25) is 14.5 Å². The molecule has 0 saturated carbocycles. The second kappa shape index (κ2) is 10.3. The van der Waals surface area contributed by atoms with Crippen molar-refractivity contribution in [1.82, 2.24) is 15.5 Å². The number of thioether (sulfide) groups is 1. The smallest absolute Gasteiger partial charge is 0.325 e. The Morgan fingerprint density at radius 2 is 1.84 bits per heavy atom.